The summed E-state index contributed by atoms with van der Waals surface area (Å²) in [5, 5.41) is 3.11. The normalized spacial score (nSPS) is 33.2. The largest absolute Gasteiger partial charge is 0.381 e. The van der Waals surface area contributed by atoms with Gasteiger partial charge in [0.25, 0.3) is 0 Å². The van der Waals surface area contributed by atoms with Gasteiger partial charge in [0.2, 0.25) is 5.91 Å². The van der Waals surface area contributed by atoms with Crippen molar-refractivity contribution in [1.29, 1.82) is 0 Å². The fraction of sp³-hybridized carbons (Fsp3) is 0.929. The molecular weight excluding hydrogens is 244 g/mol. The lowest BCUT2D eigenvalue weighted by atomic mass is 9.79. The van der Waals surface area contributed by atoms with Gasteiger partial charge in [-0.2, -0.15) is 0 Å². The van der Waals surface area contributed by atoms with Gasteiger partial charge < -0.3 is 20.5 Å². The predicted octanol–water partition coefficient (Wildman–Crippen LogP) is 0.816. The molecule has 0 bridgehead atoms. The summed E-state index contributed by atoms with van der Waals surface area (Å²) in [6.07, 6.45) is 5.84. The van der Waals surface area contributed by atoms with Crippen LogP contribution in [-0.4, -0.2) is 44.4 Å². The van der Waals surface area contributed by atoms with Gasteiger partial charge >= 0.3 is 0 Å². The third-order valence-corrected chi connectivity index (χ3v) is 4.56. The molecule has 0 radical (unpaired) electrons. The molecule has 0 spiro atoms. The van der Waals surface area contributed by atoms with Crippen molar-refractivity contribution in [2.45, 2.75) is 50.2 Å². The van der Waals surface area contributed by atoms with E-state index in [4.69, 9.17) is 15.2 Å². The molecule has 2 atom stereocenters. The van der Waals surface area contributed by atoms with Gasteiger partial charge in [0, 0.05) is 26.2 Å². The first-order valence-corrected chi connectivity index (χ1v) is 7.34. The van der Waals surface area contributed by atoms with Crippen molar-refractivity contribution < 1.29 is 14.3 Å². The lowest BCUT2D eigenvalue weighted by molar-refractivity contribution is -0.128. The molecule has 5 nitrogen and oxygen atoms in total. The second-order valence-electron chi connectivity index (χ2n) is 5.80. The summed E-state index contributed by atoms with van der Waals surface area (Å²) in [6, 6.07) is 0. The first-order valence-electron chi connectivity index (χ1n) is 7.34. The van der Waals surface area contributed by atoms with E-state index < -0.39 is 5.54 Å². The molecule has 19 heavy (non-hydrogen) atoms. The average molecular weight is 270 g/mol. The summed E-state index contributed by atoms with van der Waals surface area (Å²) in [5.41, 5.74) is 4.97. The van der Waals surface area contributed by atoms with Gasteiger partial charge in [-0.3, -0.25) is 4.79 Å². The van der Waals surface area contributed by atoms with E-state index >= 15 is 0 Å². The topological polar surface area (TPSA) is 73.6 Å². The Kier molecular flexibility index (Phi) is 5.19. The summed E-state index contributed by atoms with van der Waals surface area (Å²) in [7, 11) is 1.81. The molecule has 3 N–H and O–H groups in total. The van der Waals surface area contributed by atoms with Crippen LogP contribution in [0.15, 0.2) is 0 Å². The lowest BCUT2D eigenvalue weighted by Gasteiger charge is -2.38. The number of likely N-dealkylation sites (N-methyl/N-ethyl adjacent to an activating group) is 1. The van der Waals surface area contributed by atoms with Crippen molar-refractivity contribution in [3.63, 3.8) is 0 Å². The third-order valence-electron chi connectivity index (χ3n) is 4.56. The molecule has 1 heterocycles. The van der Waals surface area contributed by atoms with Crippen molar-refractivity contribution in [2.24, 2.45) is 11.7 Å². The number of carbonyl (C=O) groups is 1. The molecule has 1 amide bonds. The van der Waals surface area contributed by atoms with E-state index in [2.05, 4.69) is 5.32 Å². The Hall–Kier alpha value is -0.650. The van der Waals surface area contributed by atoms with Gasteiger partial charge in [-0.15, -0.1) is 0 Å². The molecule has 0 aromatic carbocycles. The molecule has 2 rings (SSSR count). The number of amides is 1. The number of primary amides is 1. The van der Waals surface area contributed by atoms with Crippen LogP contribution >= 0.6 is 0 Å². The van der Waals surface area contributed by atoms with Crippen LogP contribution in [0, 0.1) is 5.92 Å². The number of hydrogen-bond acceptors (Lipinski definition) is 4. The monoisotopic (exact) mass is 270 g/mol. The molecule has 1 saturated carbocycles. The summed E-state index contributed by atoms with van der Waals surface area (Å²) >= 11 is 0. The highest BCUT2D eigenvalue weighted by Crippen LogP contribution is 2.30. The van der Waals surface area contributed by atoms with E-state index in [-0.39, 0.29) is 12.0 Å². The van der Waals surface area contributed by atoms with E-state index in [0.717, 1.165) is 51.9 Å². The zero-order valence-electron chi connectivity index (χ0n) is 11.8. The Bertz CT molecular complexity index is 305. The van der Waals surface area contributed by atoms with Crippen LogP contribution in [0.5, 0.6) is 0 Å². The maximum atomic E-state index is 11.6. The van der Waals surface area contributed by atoms with Crippen molar-refractivity contribution in [3.05, 3.63) is 0 Å². The van der Waals surface area contributed by atoms with Crippen molar-refractivity contribution in [2.75, 3.05) is 26.9 Å². The zero-order chi connectivity index (χ0) is 13.7. The van der Waals surface area contributed by atoms with Crippen LogP contribution in [0.3, 0.4) is 0 Å². The van der Waals surface area contributed by atoms with Crippen LogP contribution in [-0.2, 0) is 14.3 Å². The van der Waals surface area contributed by atoms with Crippen molar-refractivity contribution in [1.82, 2.24) is 5.32 Å². The Labute approximate surface area is 115 Å². The quantitative estimate of drug-likeness (QED) is 0.775. The minimum Gasteiger partial charge on any atom is -0.381 e. The Morgan fingerprint density at radius 1 is 1.42 bits per heavy atom. The van der Waals surface area contributed by atoms with Gasteiger partial charge in [-0.05, 0) is 45.1 Å². The second-order valence-corrected chi connectivity index (χ2v) is 5.80. The van der Waals surface area contributed by atoms with Crippen LogP contribution < -0.4 is 11.1 Å². The van der Waals surface area contributed by atoms with Crippen LogP contribution in [0.1, 0.15) is 38.5 Å². The number of ether oxygens (including phenoxy) is 2. The number of carbonyl (C=O) groups excluding carboxylic acids is 1. The molecule has 5 heteroatoms. The van der Waals surface area contributed by atoms with E-state index in [0.29, 0.717) is 12.3 Å². The highest BCUT2D eigenvalue weighted by molar-refractivity contribution is 5.84. The molecule has 2 unspecified atom stereocenters. The van der Waals surface area contributed by atoms with Crippen LogP contribution in [0.4, 0.5) is 0 Å². The smallest absolute Gasteiger partial charge is 0.237 e. The standard InChI is InChI=1S/C14H26N2O3/c1-16-14(13(15)17)6-2-3-12(9-14)19-10-11-4-7-18-8-5-11/h11-12,16H,2-10H2,1H3,(H2,15,17). The van der Waals surface area contributed by atoms with Gasteiger partial charge in [0.1, 0.15) is 0 Å². The average Bonchev–Trinajstić information content (AvgIpc) is 2.46. The summed E-state index contributed by atoms with van der Waals surface area (Å²) in [4.78, 5) is 11.6. The number of hydrogen-bond donors (Lipinski definition) is 2. The molecule has 1 aliphatic carbocycles. The number of nitrogens with one attached hydrogen (secondary N) is 1. The fourth-order valence-electron chi connectivity index (χ4n) is 3.13. The molecule has 2 fully saturated rings. The molecule has 110 valence electrons. The Balaban J connectivity index is 1.81. The van der Waals surface area contributed by atoms with Gasteiger partial charge in [-0.1, -0.05) is 0 Å². The van der Waals surface area contributed by atoms with Crippen LogP contribution in [0.2, 0.25) is 0 Å². The van der Waals surface area contributed by atoms with Crippen molar-refractivity contribution in [3.8, 4) is 0 Å². The summed E-state index contributed by atoms with van der Waals surface area (Å²) in [6.45, 7) is 2.48. The van der Waals surface area contributed by atoms with E-state index in [1.54, 1.807) is 0 Å². The fourth-order valence-corrected chi connectivity index (χ4v) is 3.13. The number of nitrogens with two attached hydrogens (primary N) is 1. The van der Waals surface area contributed by atoms with E-state index in [1.807, 2.05) is 7.05 Å². The van der Waals surface area contributed by atoms with E-state index in [9.17, 15) is 4.79 Å². The number of rotatable bonds is 5. The second kappa shape index (κ2) is 6.68. The molecule has 1 saturated heterocycles. The zero-order valence-corrected chi connectivity index (χ0v) is 11.8. The predicted molar refractivity (Wildman–Crippen MR) is 72.7 cm³/mol. The Morgan fingerprint density at radius 3 is 2.79 bits per heavy atom. The van der Waals surface area contributed by atoms with Crippen LogP contribution in [0.25, 0.3) is 0 Å². The molecule has 0 aromatic rings. The van der Waals surface area contributed by atoms with Gasteiger partial charge in [0.05, 0.1) is 11.6 Å². The van der Waals surface area contributed by atoms with Crippen molar-refractivity contribution >= 4 is 5.91 Å². The summed E-state index contributed by atoms with van der Waals surface area (Å²) in [5.74, 6) is 0.350. The van der Waals surface area contributed by atoms with Gasteiger partial charge in [0.15, 0.2) is 0 Å². The molecule has 0 aromatic heterocycles. The van der Waals surface area contributed by atoms with E-state index in [1.165, 1.54) is 0 Å². The SMILES string of the molecule is CNC1(C(N)=O)CCCC(OCC2CCOCC2)C1. The maximum Gasteiger partial charge on any atom is 0.237 e. The summed E-state index contributed by atoms with van der Waals surface area (Å²) < 4.78 is 11.4. The third kappa shape index (κ3) is 3.68. The van der Waals surface area contributed by atoms with Gasteiger partial charge in [-0.25, -0.2) is 0 Å². The first kappa shape index (κ1) is 14.8. The molecule has 2 aliphatic rings. The molecular formula is C14H26N2O3. The minimum absolute atomic E-state index is 0.150. The minimum atomic E-state index is -0.571. The first-order chi connectivity index (χ1) is 9.16. The highest BCUT2D eigenvalue weighted by Gasteiger charge is 2.40. The Morgan fingerprint density at radius 2 is 2.16 bits per heavy atom. The lowest BCUT2D eigenvalue weighted by Crippen LogP contribution is -2.57. The highest BCUT2D eigenvalue weighted by atomic mass is 16.5. The maximum absolute atomic E-state index is 11.6. The molecule has 1 aliphatic heterocycles.